The van der Waals surface area contributed by atoms with E-state index in [0.717, 1.165) is 16.7 Å². The van der Waals surface area contributed by atoms with Crippen molar-refractivity contribution in [1.29, 1.82) is 0 Å². The smallest absolute Gasteiger partial charge is 0.203 e. The van der Waals surface area contributed by atoms with Gasteiger partial charge in [0.1, 0.15) is 17.1 Å². The quantitative estimate of drug-likeness (QED) is 0.401. The normalized spacial score (nSPS) is 11.2. The van der Waals surface area contributed by atoms with E-state index >= 15 is 0 Å². The molecule has 0 aliphatic heterocycles. The van der Waals surface area contributed by atoms with Gasteiger partial charge in [-0.25, -0.2) is 0 Å². The van der Waals surface area contributed by atoms with Crippen molar-refractivity contribution in [3.05, 3.63) is 71.8 Å². The summed E-state index contributed by atoms with van der Waals surface area (Å²) in [4.78, 5) is 0. The van der Waals surface area contributed by atoms with Crippen molar-refractivity contribution in [3.63, 3.8) is 0 Å². The third-order valence-electron chi connectivity index (χ3n) is 4.85. The summed E-state index contributed by atoms with van der Waals surface area (Å²) in [6.45, 7) is 0. The maximum atomic E-state index is 10.5. The van der Waals surface area contributed by atoms with Crippen LogP contribution in [0.5, 0.6) is 23.0 Å². The predicted octanol–water partition coefficient (Wildman–Crippen LogP) is 6.00. The molecular weight excluding hydrogens is 380 g/mol. The minimum Gasteiger partial charge on any atom is -0.507 e. The molecule has 0 fully saturated rings. The van der Waals surface area contributed by atoms with E-state index in [4.69, 9.17) is 18.6 Å². The molecule has 0 radical (unpaired) electrons. The molecule has 4 rings (SSSR count). The van der Waals surface area contributed by atoms with Crippen LogP contribution in [0, 0.1) is 0 Å². The number of hydrogen-bond donors (Lipinski definition) is 1. The molecule has 1 N–H and O–H groups in total. The lowest BCUT2D eigenvalue weighted by molar-refractivity contribution is 0.324. The third kappa shape index (κ3) is 3.70. The first kappa shape index (κ1) is 19.5. The lowest BCUT2D eigenvalue weighted by Gasteiger charge is -2.12. The van der Waals surface area contributed by atoms with E-state index in [9.17, 15) is 5.11 Å². The predicted molar refractivity (Wildman–Crippen MR) is 118 cm³/mol. The monoisotopic (exact) mass is 402 g/mol. The number of phenols is 1. The first-order valence-electron chi connectivity index (χ1n) is 9.43. The van der Waals surface area contributed by atoms with Crippen LogP contribution in [0.25, 0.3) is 34.4 Å². The summed E-state index contributed by atoms with van der Waals surface area (Å²) in [5.41, 5.74) is 3.26. The Balaban J connectivity index is 1.70. The Morgan fingerprint density at radius 1 is 0.767 bits per heavy atom. The molecule has 0 amide bonds. The number of hydrogen-bond acceptors (Lipinski definition) is 5. The number of furan rings is 1. The van der Waals surface area contributed by atoms with Crippen LogP contribution in [0.2, 0.25) is 0 Å². The molecule has 0 atom stereocenters. The number of aromatic hydroxyl groups is 1. The van der Waals surface area contributed by atoms with Gasteiger partial charge in [-0.2, -0.15) is 0 Å². The summed E-state index contributed by atoms with van der Waals surface area (Å²) in [5.74, 6) is 2.58. The summed E-state index contributed by atoms with van der Waals surface area (Å²) in [5, 5.41) is 11.2. The Morgan fingerprint density at radius 2 is 1.40 bits per heavy atom. The fourth-order valence-electron chi connectivity index (χ4n) is 3.37. The minimum absolute atomic E-state index is 0.169. The van der Waals surface area contributed by atoms with E-state index in [1.165, 1.54) is 0 Å². The lowest BCUT2D eigenvalue weighted by Crippen LogP contribution is -1.95. The topological polar surface area (TPSA) is 61.1 Å². The highest BCUT2D eigenvalue weighted by Gasteiger charge is 2.13. The van der Waals surface area contributed by atoms with Gasteiger partial charge in [0.15, 0.2) is 11.5 Å². The molecule has 1 heterocycles. The van der Waals surface area contributed by atoms with E-state index in [0.29, 0.717) is 34.0 Å². The fraction of sp³-hybridized carbons (Fsp3) is 0.120. The highest BCUT2D eigenvalue weighted by Crippen LogP contribution is 2.39. The Bertz CT molecular complexity index is 1180. The van der Waals surface area contributed by atoms with Crippen LogP contribution in [0.4, 0.5) is 0 Å². The van der Waals surface area contributed by atoms with Gasteiger partial charge >= 0.3 is 0 Å². The van der Waals surface area contributed by atoms with Crippen LogP contribution < -0.4 is 14.2 Å². The Hall–Kier alpha value is -3.86. The molecule has 30 heavy (non-hydrogen) atoms. The maximum absolute atomic E-state index is 10.5. The zero-order chi connectivity index (χ0) is 21.1. The van der Waals surface area contributed by atoms with Gasteiger partial charge in [0.2, 0.25) is 5.75 Å². The molecule has 0 bridgehead atoms. The average molecular weight is 402 g/mol. The molecule has 0 saturated heterocycles. The molecule has 5 nitrogen and oxygen atoms in total. The van der Waals surface area contributed by atoms with Crippen LogP contribution in [0.1, 0.15) is 11.1 Å². The second-order valence-electron chi connectivity index (χ2n) is 6.72. The first-order valence-corrected chi connectivity index (χ1v) is 9.43. The summed E-state index contributed by atoms with van der Waals surface area (Å²) in [6.07, 6.45) is 3.80. The number of ether oxygens (including phenoxy) is 3. The Kier molecular flexibility index (Phi) is 5.35. The molecule has 4 aromatic rings. The number of phenolic OH excluding ortho intramolecular Hbond substituents is 1. The summed E-state index contributed by atoms with van der Waals surface area (Å²) < 4.78 is 22.1. The summed E-state index contributed by atoms with van der Waals surface area (Å²) >= 11 is 0. The number of benzene rings is 3. The van der Waals surface area contributed by atoms with E-state index < -0.39 is 0 Å². The molecule has 152 valence electrons. The second kappa shape index (κ2) is 8.25. The van der Waals surface area contributed by atoms with Crippen LogP contribution >= 0.6 is 0 Å². The van der Waals surface area contributed by atoms with Gasteiger partial charge in [-0.1, -0.05) is 42.5 Å². The molecule has 0 aliphatic carbocycles. The Labute approximate surface area is 174 Å². The van der Waals surface area contributed by atoms with Crippen LogP contribution in [0.15, 0.2) is 65.1 Å². The maximum Gasteiger partial charge on any atom is 0.203 e. The van der Waals surface area contributed by atoms with Crippen molar-refractivity contribution in [2.45, 2.75) is 0 Å². The van der Waals surface area contributed by atoms with Crippen LogP contribution in [-0.4, -0.2) is 26.4 Å². The van der Waals surface area contributed by atoms with Gasteiger partial charge < -0.3 is 23.7 Å². The van der Waals surface area contributed by atoms with E-state index in [1.807, 2.05) is 66.7 Å². The molecule has 3 aromatic carbocycles. The van der Waals surface area contributed by atoms with Gasteiger partial charge in [0, 0.05) is 5.56 Å². The third-order valence-corrected chi connectivity index (χ3v) is 4.85. The Morgan fingerprint density at radius 3 is 2.00 bits per heavy atom. The van der Waals surface area contributed by atoms with Crippen LogP contribution in [-0.2, 0) is 0 Å². The summed E-state index contributed by atoms with van der Waals surface area (Å²) in [6, 6.07) is 19.0. The molecule has 0 aliphatic rings. The molecular formula is C25H22O5. The van der Waals surface area contributed by atoms with E-state index in [1.54, 1.807) is 27.4 Å². The molecule has 0 saturated carbocycles. The zero-order valence-electron chi connectivity index (χ0n) is 17.0. The number of rotatable bonds is 6. The molecule has 5 heteroatoms. The van der Waals surface area contributed by atoms with Gasteiger partial charge in [0.05, 0.1) is 26.7 Å². The van der Waals surface area contributed by atoms with Crippen molar-refractivity contribution in [2.75, 3.05) is 21.3 Å². The van der Waals surface area contributed by atoms with Gasteiger partial charge in [0.25, 0.3) is 0 Å². The molecule has 0 unspecified atom stereocenters. The van der Waals surface area contributed by atoms with Crippen molar-refractivity contribution in [1.82, 2.24) is 0 Å². The van der Waals surface area contributed by atoms with Crippen molar-refractivity contribution in [3.8, 4) is 34.3 Å². The summed E-state index contributed by atoms with van der Waals surface area (Å²) in [7, 11) is 4.73. The van der Waals surface area contributed by atoms with E-state index in [-0.39, 0.29) is 5.75 Å². The van der Waals surface area contributed by atoms with Gasteiger partial charge in [-0.15, -0.1) is 0 Å². The largest absolute Gasteiger partial charge is 0.507 e. The van der Waals surface area contributed by atoms with Crippen molar-refractivity contribution < 1.29 is 23.7 Å². The van der Waals surface area contributed by atoms with Crippen molar-refractivity contribution in [2.24, 2.45) is 0 Å². The highest BCUT2D eigenvalue weighted by atomic mass is 16.5. The number of fused-ring (bicyclic) bond motifs is 1. The van der Waals surface area contributed by atoms with Gasteiger partial charge in [-0.05, 0) is 41.5 Å². The van der Waals surface area contributed by atoms with E-state index in [2.05, 4.69) is 0 Å². The highest BCUT2D eigenvalue weighted by molar-refractivity contribution is 5.91. The lowest BCUT2D eigenvalue weighted by atomic mass is 10.1. The standard InChI is InChI=1S/C25H22O5/c1-27-23-13-17(14-24(28-2)25(23)29-3)10-9-16-11-20(26)19-15-21(30-22(19)12-16)18-7-5-4-6-8-18/h4-15,26H,1-3H3/b10-9-. The zero-order valence-corrected chi connectivity index (χ0v) is 17.0. The first-order chi connectivity index (χ1) is 14.6. The molecule has 1 aromatic heterocycles. The SMILES string of the molecule is COc1cc(/C=C\c2cc(O)c3cc(-c4ccccc4)oc3c2)cc(OC)c1OC. The van der Waals surface area contributed by atoms with Gasteiger partial charge in [-0.3, -0.25) is 0 Å². The fourth-order valence-corrected chi connectivity index (χ4v) is 3.37. The average Bonchev–Trinajstić information content (AvgIpc) is 3.22. The van der Waals surface area contributed by atoms with Crippen molar-refractivity contribution >= 4 is 23.1 Å². The number of methoxy groups -OCH3 is 3. The minimum atomic E-state index is 0.169. The second-order valence-corrected chi connectivity index (χ2v) is 6.72. The molecule has 0 spiro atoms. The van der Waals surface area contributed by atoms with Crippen LogP contribution in [0.3, 0.4) is 0 Å².